The molecule has 1 aromatic heterocycles. The van der Waals surface area contributed by atoms with Crippen molar-refractivity contribution in [2.24, 2.45) is 0 Å². The van der Waals surface area contributed by atoms with Crippen molar-refractivity contribution in [1.29, 1.82) is 0 Å². The molecule has 1 aromatic carbocycles. The van der Waals surface area contributed by atoms with Gasteiger partial charge in [0.05, 0.1) is 18.9 Å². The van der Waals surface area contributed by atoms with E-state index in [9.17, 15) is 5.11 Å². The summed E-state index contributed by atoms with van der Waals surface area (Å²) in [6, 6.07) is 8.65. The Balaban J connectivity index is 2.26. The third-order valence-corrected chi connectivity index (χ3v) is 5.14. The number of rotatable bonds is 5. The van der Waals surface area contributed by atoms with Crippen LogP contribution in [0.3, 0.4) is 0 Å². The largest absolute Gasteiger partial charge is 0.497 e. The molecule has 0 unspecified atom stereocenters. The van der Waals surface area contributed by atoms with Crippen molar-refractivity contribution >= 4 is 0 Å². The molecule has 0 saturated carbocycles. The topological polar surface area (TPSA) is 34.4 Å². The second-order valence-electron chi connectivity index (χ2n) is 6.28. The first kappa shape index (κ1) is 15.2. The van der Waals surface area contributed by atoms with Crippen LogP contribution in [0.1, 0.15) is 44.7 Å². The van der Waals surface area contributed by atoms with Crippen LogP contribution >= 0.6 is 0 Å². The number of benzene rings is 1. The zero-order valence-electron chi connectivity index (χ0n) is 13.9. The van der Waals surface area contributed by atoms with Crippen molar-refractivity contribution in [3.05, 3.63) is 41.6 Å². The van der Waals surface area contributed by atoms with E-state index in [2.05, 4.69) is 48.9 Å². The van der Waals surface area contributed by atoms with Crippen LogP contribution in [0.25, 0.3) is 11.3 Å². The molecule has 3 nitrogen and oxygen atoms in total. The van der Waals surface area contributed by atoms with Gasteiger partial charge in [-0.15, -0.1) is 0 Å². The number of aromatic nitrogens is 1. The number of nitrogens with zero attached hydrogens (tertiary/aromatic N) is 1. The maximum atomic E-state index is 9.80. The van der Waals surface area contributed by atoms with E-state index in [4.69, 9.17) is 4.74 Å². The SMILES string of the molecule is CCC1(CC)c2ccc(OC)cc2-c2c1ccn2C[C@@H](C)O. The third-order valence-electron chi connectivity index (χ3n) is 5.14. The Hall–Kier alpha value is -1.74. The predicted molar refractivity (Wildman–Crippen MR) is 89.5 cm³/mol. The van der Waals surface area contributed by atoms with Crippen molar-refractivity contribution in [2.75, 3.05) is 7.11 Å². The summed E-state index contributed by atoms with van der Waals surface area (Å²) < 4.78 is 7.61. The van der Waals surface area contributed by atoms with Gasteiger partial charge in [0, 0.05) is 23.7 Å². The summed E-state index contributed by atoms with van der Waals surface area (Å²) in [6.07, 6.45) is 3.91. The molecule has 0 amide bonds. The molecule has 3 heteroatoms. The highest BCUT2D eigenvalue weighted by molar-refractivity contribution is 5.80. The van der Waals surface area contributed by atoms with Gasteiger partial charge in [-0.25, -0.2) is 0 Å². The van der Waals surface area contributed by atoms with Crippen LogP contribution in [0.15, 0.2) is 30.5 Å². The molecule has 0 saturated heterocycles. The lowest BCUT2D eigenvalue weighted by Gasteiger charge is -2.28. The van der Waals surface area contributed by atoms with Crippen LogP contribution in [0.5, 0.6) is 5.75 Å². The van der Waals surface area contributed by atoms with E-state index >= 15 is 0 Å². The Labute approximate surface area is 132 Å². The van der Waals surface area contributed by atoms with E-state index < -0.39 is 0 Å². The molecule has 22 heavy (non-hydrogen) atoms. The van der Waals surface area contributed by atoms with Crippen molar-refractivity contribution in [2.45, 2.75) is 51.7 Å². The van der Waals surface area contributed by atoms with Crippen LogP contribution in [0.4, 0.5) is 0 Å². The van der Waals surface area contributed by atoms with E-state index in [-0.39, 0.29) is 11.5 Å². The van der Waals surface area contributed by atoms with Crippen molar-refractivity contribution in [3.8, 4) is 17.0 Å². The fourth-order valence-electron chi connectivity index (χ4n) is 4.02. The molecular weight excluding hydrogens is 274 g/mol. The molecule has 0 spiro atoms. The maximum Gasteiger partial charge on any atom is 0.119 e. The van der Waals surface area contributed by atoms with Gasteiger partial charge in [-0.2, -0.15) is 0 Å². The molecule has 118 valence electrons. The monoisotopic (exact) mass is 299 g/mol. The molecule has 0 fully saturated rings. The van der Waals surface area contributed by atoms with E-state index in [1.807, 2.05) is 6.92 Å². The Morgan fingerprint density at radius 1 is 1.18 bits per heavy atom. The summed E-state index contributed by atoms with van der Waals surface area (Å²) in [5.74, 6) is 0.887. The van der Waals surface area contributed by atoms with Crippen LogP contribution in [0, 0.1) is 0 Å². The zero-order valence-corrected chi connectivity index (χ0v) is 13.9. The lowest BCUT2D eigenvalue weighted by atomic mass is 9.74. The average Bonchev–Trinajstić information content (AvgIpc) is 3.04. The van der Waals surface area contributed by atoms with Crippen molar-refractivity contribution in [1.82, 2.24) is 4.57 Å². The average molecular weight is 299 g/mol. The van der Waals surface area contributed by atoms with Gasteiger partial charge in [0.1, 0.15) is 5.75 Å². The summed E-state index contributed by atoms with van der Waals surface area (Å²) in [5.41, 5.74) is 5.37. The molecule has 0 aliphatic heterocycles. The molecule has 1 N–H and O–H groups in total. The smallest absolute Gasteiger partial charge is 0.119 e. The van der Waals surface area contributed by atoms with Crippen LogP contribution in [-0.2, 0) is 12.0 Å². The molecule has 1 aliphatic carbocycles. The van der Waals surface area contributed by atoms with Gasteiger partial charge >= 0.3 is 0 Å². The number of hydrogen-bond acceptors (Lipinski definition) is 2. The van der Waals surface area contributed by atoms with Crippen LogP contribution in [-0.4, -0.2) is 22.9 Å². The number of fused-ring (bicyclic) bond motifs is 3. The third kappa shape index (κ3) is 1.99. The second kappa shape index (κ2) is 5.47. The minimum atomic E-state index is -0.358. The van der Waals surface area contributed by atoms with Crippen molar-refractivity contribution < 1.29 is 9.84 Å². The Morgan fingerprint density at radius 3 is 2.50 bits per heavy atom. The van der Waals surface area contributed by atoms with Gasteiger partial charge in [-0.1, -0.05) is 19.9 Å². The number of methoxy groups -OCH3 is 1. The Kier molecular flexibility index (Phi) is 3.77. The Bertz CT molecular complexity index is 681. The van der Waals surface area contributed by atoms with Gasteiger partial charge in [0.2, 0.25) is 0 Å². The first-order valence-corrected chi connectivity index (χ1v) is 8.14. The van der Waals surface area contributed by atoms with Crippen LogP contribution in [0.2, 0.25) is 0 Å². The number of aliphatic hydroxyl groups excluding tert-OH is 1. The Morgan fingerprint density at radius 2 is 1.91 bits per heavy atom. The standard InChI is InChI=1S/C19H25NO2/c1-5-19(6-2)16-8-7-14(22-4)11-15(16)18-17(19)9-10-20(18)12-13(3)21/h7-11,13,21H,5-6,12H2,1-4H3/t13-/m1/s1. The highest BCUT2D eigenvalue weighted by Gasteiger charge is 2.42. The van der Waals surface area contributed by atoms with E-state index in [1.54, 1.807) is 7.11 Å². The van der Waals surface area contributed by atoms with Gasteiger partial charge in [0.15, 0.2) is 0 Å². The summed E-state index contributed by atoms with van der Waals surface area (Å²) in [6.45, 7) is 6.98. The summed E-state index contributed by atoms with van der Waals surface area (Å²) in [5, 5.41) is 9.80. The first-order valence-electron chi connectivity index (χ1n) is 8.14. The van der Waals surface area contributed by atoms with E-state index in [1.165, 1.54) is 22.4 Å². The van der Waals surface area contributed by atoms with Gasteiger partial charge in [-0.05, 0) is 49.1 Å². The molecule has 0 bridgehead atoms. The van der Waals surface area contributed by atoms with Crippen LogP contribution < -0.4 is 4.74 Å². The summed E-state index contributed by atoms with van der Waals surface area (Å²) >= 11 is 0. The highest BCUT2D eigenvalue weighted by Crippen LogP contribution is 2.53. The molecule has 2 aromatic rings. The highest BCUT2D eigenvalue weighted by atomic mass is 16.5. The molecule has 1 aliphatic rings. The van der Waals surface area contributed by atoms with E-state index in [0.717, 1.165) is 18.6 Å². The molecule has 1 atom stereocenters. The lowest BCUT2D eigenvalue weighted by Crippen LogP contribution is -2.22. The van der Waals surface area contributed by atoms with Gasteiger partial charge < -0.3 is 14.4 Å². The molecule has 1 heterocycles. The minimum absolute atomic E-state index is 0.0842. The number of hydrogen-bond donors (Lipinski definition) is 1. The fourth-order valence-corrected chi connectivity index (χ4v) is 4.02. The van der Waals surface area contributed by atoms with Gasteiger partial charge in [-0.3, -0.25) is 0 Å². The van der Waals surface area contributed by atoms with Crippen molar-refractivity contribution in [3.63, 3.8) is 0 Å². The molecule has 0 radical (unpaired) electrons. The summed E-state index contributed by atoms with van der Waals surface area (Å²) in [7, 11) is 1.71. The zero-order chi connectivity index (χ0) is 15.9. The number of aliphatic hydroxyl groups is 1. The lowest BCUT2D eigenvalue weighted by molar-refractivity contribution is 0.174. The molecular formula is C19H25NO2. The van der Waals surface area contributed by atoms with E-state index in [0.29, 0.717) is 6.54 Å². The molecule has 3 rings (SSSR count). The quantitative estimate of drug-likeness (QED) is 0.906. The second-order valence-corrected chi connectivity index (χ2v) is 6.28. The maximum absolute atomic E-state index is 9.80. The summed E-state index contributed by atoms with van der Waals surface area (Å²) in [4.78, 5) is 0. The minimum Gasteiger partial charge on any atom is -0.497 e. The predicted octanol–water partition coefficient (Wildman–Crippen LogP) is 3.96. The number of ether oxygens (including phenoxy) is 1. The fraction of sp³-hybridized carbons (Fsp3) is 0.474. The normalized spacial score (nSPS) is 16.2. The van der Waals surface area contributed by atoms with Gasteiger partial charge in [0.25, 0.3) is 0 Å². The first-order chi connectivity index (χ1) is 10.6.